The number of hydrogen-bond acceptors (Lipinski definition) is 5. The number of rotatable bonds is 7. The first-order valence-corrected chi connectivity index (χ1v) is 7.64. The monoisotopic (exact) mass is 310 g/mol. The van der Waals surface area contributed by atoms with Gasteiger partial charge in [0.2, 0.25) is 5.41 Å². The first-order valence-electron chi connectivity index (χ1n) is 7.64. The van der Waals surface area contributed by atoms with E-state index >= 15 is 0 Å². The van der Waals surface area contributed by atoms with Gasteiger partial charge in [0.05, 0.1) is 25.1 Å². The molecule has 0 N–H and O–H groups in total. The maximum Gasteiger partial charge on any atom is 0.329 e. The molecule has 0 aliphatic carbocycles. The van der Waals surface area contributed by atoms with E-state index in [9.17, 15) is 9.59 Å². The molecule has 0 spiro atoms. The minimum absolute atomic E-state index is 0.199. The lowest BCUT2D eigenvalue weighted by Crippen LogP contribution is -2.45. The van der Waals surface area contributed by atoms with Crippen molar-refractivity contribution in [2.75, 3.05) is 13.2 Å². The SMILES string of the molecule is CCOC(=O)C(C)(C(=O)OCC)c1cnc(CC(C)C)n1C. The van der Waals surface area contributed by atoms with Gasteiger partial charge in [0, 0.05) is 13.5 Å². The molecular formula is C16H26N2O4. The third-order valence-corrected chi connectivity index (χ3v) is 3.55. The van der Waals surface area contributed by atoms with E-state index in [-0.39, 0.29) is 13.2 Å². The van der Waals surface area contributed by atoms with E-state index in [1.807, 2.05) is 0 Å². The molecule has 0 unspecified atom stereocenters. The van der Waals surface area contributed by atoms with Gasteiger partial charge in [-0.25, -0.2) is 4.98 Å². The van der Waals surface area contributed by atoms with Crippen LogP contribution in [0.15, 0.2) is 6.20 Å². The third-order valence-electron chi connectivity index (χ3n) is 3.55. The molecule has 0 aliphatic rings. The molecule has 0 amide bonds. The molecule has 124 valence electrons. The van der Waals surface area contributed by atoms with E-state index in [1.54, 1.807) is 31.7 Å². The molecule has 0 saturated heterocycles. The zero-order valence-corrected chi connectivity index (χ0v) is 14.3. The van der Waals surface area contributed by atoms with Crippen LogP contribution in [0.1, 0.15) is 46.1 Å². The van der Waals surface area contributed by atoms with Crippen molar-refractivity contribution in [2.45, 2.75) is 46.5 Å². The maximum absolute atomic E-state index is 12.4. The van der Waals surface area contributed by atoms with Gasteiger partial charge in [-0.05, 0) is 26.7 Å². The predicted molar refractivity (Wildman–Crippen MR) is 82.4 cm³/mol. The molecule has 0 saturated carbocycles. The first kappa shape index (κ1) is 18.2. The van der Waals surface area contributed by atoms with Crippen LogP contribution in [-0.4, -0.2) is 34.7 Å². The summed E-state index contributed by atoms with van der Waals surface area (Å²) in [6.07, 6.45) is 2.32. The summed E-state index contributed by atoms with van der Waals surface area (Å²) in [6, 6.07) is 0. The average molecular weight is 310 g/mol. The van der Waals surface area contributed by atoms with Crippen LogP contribution in [0, 0.1) is 5.92 Å². The van der Waals surface area contributed by atoms with Gasteiger partial charge in [-0.2, -0.15) is 0 Å². The molecule has 0 aromatic carbocycles. The van der Waals surface area contributed by atoms with Crippen molar-refractivity contribution >= 4 is 11.9 Å². The minimum atomic E-state index is -1.51. The van der Waals surface area contributed by atoms with E-state index in [4.69, 9.17) is 9.47 Å². The third kappa shape index (κ3) is 3.48. The Bertz CT molecular complexity index is 516. The van der Waals surface area contributed by atoms with E-state index in [1.165, 1.54) is 6.92 Å². The van der Waals surface area contributed by atoms with Gasteiger partial charge >= 0.3 is 11.9 Å². The highest BCUT2D eigenvalue weighted by Crippen LogP contribution is 2.28. The largest absolute Gasteiger partial charge is 0.465 e. The fourth-order valence-corrected chi connectivity index (χ4v) is 2.31. The fraction of sp³-hybridized carbons (Fsp3) is 0.688. The van der Waals surface area contributed by atoms with Gasteiger partial charge in [-0.1, -0.05) is 13.8 Å². The Balaban J connectivity index is 3.30. The molecule has 22 heavy (non-hydrogen) atoms. The number of ether oxygens (including phenoxy) is 2. The van der Waals surface area contributed by atoms with Gasteiger partial charge in [0.1, 0.15) is 5.82 Å². The average Bonchev–Trinajstić information content (AvgIpc) is 2.79. The maximum atomic E-state index is 12.4. The van der Waals surface area contributed by atoms with Gasteiger partial charge in [-0.15, -0.1) is 0 Å². The molecule has 1 rings (SSSR count). The van der Waals surface area contributed by atoms with Crippen LogP contribution >= 0.6 is 0 Å². The molecule has 0 atom stereocenters. The topological polar surface area (TPSA) is 70.4 Å². The zero-order chi connectivity index (χ0) is 16.9. The second-order valence-electron chi connectivity index (χ2n) is 5.78. The molecule has 0 aliphatic heterocycles. The Labute approximate surface area is 131 Å². The van der Waals surface area contributed by atoms with Crippen LogP contribution in [0.3, 0.4) is 0 Å². The Morgan fingerprint density at radius 1 is 1.23 bits per heavy atom. The summed E-state index contributed by atoms with van der Waals surface area (Å²) >= 11 is 0. The summed E-state index contributed by atoms with van der Waals surface area (Å²) in [5, 5.41) is 0. The molecule has 0 radical (unpaired) electrons. The minimum Gasteiger partial charge on any atom is -0.465 e. The van der Waals surface area contributed by atoms with Gasteiger partial charge < -0.3 is 14.0 Å². The standard InChI is InChI=1S/C16H26N2O4/c1-7-21-14(19)16(5,15(20)22-8-2)12-10-17-13(18(12)6)9-11(3)4/h10-11H,7-9H2,1-6H3. The molecule has 6 nitrogen and oxygen atoms in total. The van der Waals surface area contributed by atoms with Crippen LogP contribution in [0.25, 0.3) is 0 Å². The summed E-state index contributed by atoms with van der Waals surface area (Å²) in [4.78, 5) is 29.2. The Kier molecular flexibility index (Phi) is 6.14. The quantitative estimate of drug-likeness (QED) is 0.569. The zero-order valence-electron chi connectivity index (χ0n) is 14.3. The van der Waals surface area contributed by atoms with Gasteiger partial charge in [0.15, 0.2) is 0 Å². The number of esters is 2. The number of aromatic nitrogens is 2. The van der Waals surface area contributed by atoms with Crippen LogP contribution < -0.4 is 0 Å². The smallest absolute Gasteiger partial charge is 0.329 e. The molecule has 1 aromatic rings. The Morgan fingerprint density at radius 2 is 1.73 bits per heavy atom. The molecule has 6 heteroatoms. The van der Waals surface area contributed by atoms with Crippen molar-refractivity contribution in [1.82, 2.24) is 9.55 Å². The number of hydrogen-bond donors (Lipinski definition) is 0. The highest BCUT2D eigenvalue weighted by molar-refractivity contribution is 6.05. The first-order chi connectivity index (χ1) is 10.3. The van der Waals surface area contributed by atoms with Crippen molar-refractivity contribution in [3.63, 3.8) is 0 Å². The van der Waals surface area contributed by atoms with E-state index < -0.39 is 17.4 Å². The number of imidazole rings is 1. The van der Waals surface area contributed by atoms with Crippen molar-refractivity contribution in [1.29, 1.82) is 0 Å². The van der Waals surface area contributed by atoms with Crippen LogP contribution in [0.5, 0.6) is 0 Å². The lowest BCUT2D eigenvalue weighted by Gasteiger charge is -2.25. The van der Waals surface area contributed by atoms with Crippen LogP contribution in [-0.2, 0) is 37.9 Å². The highest BCUT2D eigenvalue weighted by atomic mass is 16.6. The highest BCUT2D eigenvalue weighted by Gasteiger charge is 2.48. The summed E-state index contributed by atoms with van der Waals surface area (Å²) in [5.74, 6) is 0.00955. The summed E-state index contributed by atoms with van der Waals surface area (Å²) < 4.78 is 12.0. The molecule has 0 fully saturated rings. The normalized spacial score (nSPS) is 11.6. The van der Waals surface area contributed by atoms with E-state index in [0.717, 1.165) is 12.2 Å². The molecule has 1 aromatic heterocycles. The predicted octanol–water partition coefficient (Wildman–Crippen LogP) is 2.00. The van der Waals surface area contributed by atoms with E-state index in [2.05, 4.69) is 18.8 Å². The molecule has 0 bridgehead atoms. The number of carbonyl (C=O) groups is 2. The van der Waals surface area contributed by atoms with Crippen molar-refractivity contribution in [3.8, 4) is 0 Å². The van der Waals surface area contributed by atoms with Gasteiger partial charge in [0.25, 0.3) is 0 Å². The van der Waals surface area contributed by atoms with Crippen LogP contribution in [0.4, 0.5) is 0 Å². The van der Waals surface area contributed by atoms with Crippen LogP contribution in [0.2, 0.25) is 0 Å². The second kappa shape index (κ2) is 7.42. The molecular weight excluding hydrogens is 284 g/mol. The number of nitrogens with zero attached hydrogens (tertiary/aromatic N) is 2. The lowest BCUT2D eigenvalue weighted by molar-refractivity contribution is -0.164. The Morgan fingerprint density at radius 3 is 2.14 bits per heavy atom. The summed E-state index contributed by atoms with van der Waals surface area (Å²) in [5.41, 5.74) is -1.02. The lowest BCUT2D eigenvalue weighted by atomic mass is 9.87. The van der Waals surface area contributed by atoms with Gasteiger partial charge in [-0.3, -0.25) is 9.59 Å². The van der Waals surface area contributed by atoms with E-state index in [0.29, 0.717) is 11.6 Å². The molecule has 1 heterocycles. The second-order valence-corrected chi connectivity index (χ2v) is 5.78. The van der Waals surface area contributed by atoms with Crippen molar-refractivity contribution in [2.24, 2.45) is 13.0 Å². The summed E-state index contributed by atoms with van der Waals surface area (Å²) in [6.45, 7) is 9.51. The summed E-state index contributed by atoms with van der Waals surface area (Å²) in [7, 11) is 1.80. The number of carbonyl (C=O) groups excluding carboxylic acids is 2. The van der Waals surface area contributed by atoms with Crippen molar-refractivity contribution in [3.05, 3.63) is 17.7 Å². The Hall–Kier alpha value is -1.85. The van der Waals surface area contributed by atoms with Crippen molar-refractivity contribution < 1.29 is 19.1 Å². The fourth-order valence-electron chi connectivity index (χ4n) is 2.31.